The zero-order valence-electron chi connectivity index (χ0n) is 9.68. The molecule has 0 aromatic rings. The molecule has 0 aromatic carbocycles. The number of unbranched alkanes of at least 4 members (excludes halogenated alkanes) is 2. The van der Waals surface area contributed by atoms with Crippen LogP contribution in [-0.4, -0.2) is 0 Å². The summed E-state index contributed by atoms with van der Waals surface area (Å²) in [5.41, 5.74) is 0. The van der Waals surface area contributed by atoms with E-state index in [0.717, 1.165) is 17.8 Å². The van der Waals surface area contributed by atoms with E-state index >= 15 is 0 Å². The van der Waals surface area contributed by atoms with Gasteiger partial charge in [-0.2, -0.15) is 0 Å². The van der Waals surface area contributed by atoms with Gasteiger partial charge in [-0.05, 0) is 24.2 Å². The molecule has 1 fully saturated rings. The van der Waals surface area contributed by atoms with Crippen LogP contribution in [0.2, 0.25) is 0 Å². The fourth-order valence-electron chi connectivity index (χ4n) is 3.05. The lowest BCUT2D eigenvalue weighted by atomic mass is 9.61. The summed E-state index contributed by atoms with van der Waals surface area (Å²) < 4.78 is 0. The van der Waals surface area contributed by atoms with Crippen LogP contribution >= 0.6 is 0 Å². The van der Waals surface area contributed by atoms with E-state index in [-0.39, 0.29) is 0 Å². The van der Waals surface area contributed by atoms with Gasteiger partial charge in [-0.1, -0.05) is 59.3 Å². The Balaban J connectivity index is 2.14. The highest BCUT2D eigenvalue weighted by Gasteiger charge is 2.37. The Morgan fingerprint density at radius 3 is 2.23 bits per heavy atom. The molecule has 0 amide bonds. The quantitative estimate of drug-likeness (QED) is 0.525. The summed E-state index contributed by atoms with van der Waals surface area (Å²) in [4.78, 5) is 0. The molecule has 0 nitrogen and oxygen atoms in total. The minimum Gasteiger partial charge on any atom is -0.0654 e. The molecule has 1 aliphatic carbocycles. The van der Waals surface area contributed by atoms with Crippen LogP contribution in [-0.2, 0) is 0 Å². The fraction of sp³-hybridized carbons (Fsp3) is 1.00. The van der Waals surface area contributed by atoms with Crippen LogP contribution in [0, 0.1) is 17.8 Å². The first-order valence-corrected chi connectivity index (χ1v) is 6.33. The van der Waals surface area contributed by atoms with Crippen molar-refractivity contribution in [1.82, 2.24) is 0 Å². The zero-order valence-corrected chi connectivity index (χ0v) is 9.68. The van der Waals surface area contributed by atoms with Gasteiger partial charge in [0.25, 0.3) is 0 Å². The maximum atomic E-state index is 2.37. The first kappa shape index (κ1) is 11.1. The Morgan fingerprint density at radius 1 is 0.923 bits per heavy atom. The fourth-order valence-corrected chi connectivity index (χ4v) is 3.05. The van der Waals surface area contributed by atoms with Gasteiger partial charge in [0.15, 0.2) is 0 Å². The second kappa shape index (κ2) is 5.67. The third-order valence-corrected chi connectivity index (χ3v) is 3.99. The number of hydrogen-bond acceptors (Lipinski definition) is 0. The van der Waals surface area contributed by atoms with Crippen LogP contribution in [0.4, 0.5) is 0 Å². The van der Waals surface area contributed by atoms with Crippen molar-refractivity contribution >= 4 is 0 Å². The summed E-state index contributed by atoms with van der Waals surface area (Å²) in [6, 6.07) is 0. The lowest BCUT2D eigenvalue weighted by Gasteiger charge is -2.44. The predicted molar refractivity (Wildman–Crippen MR) is 59.8 cm³/mol. The van der Waals surface area contributed by atoms with Gasteiger partial charge >= 0.3 is 0 Å². The monoisotopic (exact) mass is 182 g/mol. The first-order valence-electron chi connectivity index (χ1n) is 6.33. The molecule has 0 bridgehead atoms. The molecule has 0 N–H and O–H groups in total. The van der Waals surface area contributed by atoms with E-state index in [4.69, 9.17) is 0 Å². The lowest BCUT2D eigenvalue weighted by Crippen LogP contribution is -2.35. The summed E-state index contributed by atoms with van der Waals surface area (Å²) in [6.45, 7) is 7.03. The molecular formula is C13H26. The maximum absolute atomic E-state index is 2.37. The first-order chi connectivity index (χ1) is 6.33. The average molecular weight is 182 g/mol. The molecule has 0 spiro atoms. The van der Waals surface area contributed by atoms with E-state index in [1.165, 1.54) is 38.5 Å². The highest BCUT2D eigenvalue weighted by atomic mass is 14.4. The Morgan fingerprint density at radius 2 is 1.69 bits per heavy atom. The van der Waals surface area contributed by atoms with Crippen LogP contribution in [0.1, 0.15) is 65.7 Å². The maximum Gasteiger partial charge on any atom is -0.0360 e. The molecule has 3 atom stereocenters. The summed E-state index contributed by atoms with van der Waals surface area (Å²) in [6.07, 6.45) is 10.2. The molecule has 0 saturated heterocycles. The lowest BCUT2D eigenvalue weighted by molar-refractivity contribution is 0.0553. The Labute approximate surface area is 84.1 Å². The third-order valence-electron chi connectivity index (χ3n) is 3.99. The van der Waals surface area contributed by atoms with Crippen LogP contribution in [0.3, 0.4) is 0 Å². The highest BCUT2D eigenvalue weighted by Crippen LogP contribution is 2.46. The topological polar surface area (TPSA) is 0 Å². The molecule has 0 aliphatic heterocycles. The summed E-state index contributed by atoms with van der Waals surface area (Å²) >= 11 is 0. The summed E-state index contributed by atoms with van der Waals surface area (Å²) in [7, 11) is 0. The van der Waals surface area contributed by atoms with Gasteiger partial charge in [0.1, 0.15) is 0 Å². The van der Waals surface area contributed by atoms with Crippen molar-refractivity contribution in [3.05, 3.63) is 0 Å². The molecule has 1 saturated carbocycles. The van der Waals surface area contributed by atoms with Crippen molar-refractivity contribution in [3.8, 4) is 0 Å². The normalized spacial score (nSPS) is 33.0. The molecular weight excluding hydrogens is 156 g/mol. The Kier molecular flexibility index (Phi) is 4.83. The Bertz CT molecular complexity index is 128. The van der Waals surface area contributed by atoms with Gasteiger partial charge in [0.05, 0.1) is 0 Å². The number of rotatable bonds is 6. The molecule has 3 unspecified atom stereocenters. The SMILES string of the molecule is CCCCCC1CC(CC)C1CC. The highest BCUT2D eigenvalue weighted by molar-refractivity contribution is 4.87. The molecule has 78 valence electrons. The summed E-state index contributed by atoms with van der Waals surface area (Å²) in [5, 5.41) is 0. The third kappa shape index (κ3) is 2.72. The van der Waals surface area contributed by atoms with Crippen LogP contribution < -0.4 is 0 Å². The molecule has 13 heavy (non-hydrogen) atoms. The van der Waals surface area contributed by atoms with Crippen molar-refractivity contribution < 1.29 is 0 Å². The van der Waals surface area contributed by atoms with E-state index < -0.39 is 0 Å². The van der Waals surface area contributed by atoms with Crippen LogP contribution in [0.5, 0.6) is 0 Å². The van der Waals surface area contributed by atoms with E-state index in [0.29, 0.717) is 0 Å². The molecule has 0 radical (unpaired) electrons. The van der Waals surface area contributed by atoms with E-state index in [1.54, 1.807) is 6.42 Å². The number of hydrogen-bond donors (Lipinski definition) is 0. The molecule has 0 heterocycles. The largest absolute Gasteiger partial charge is 0.0654 e. The van der Waals surface area contributed by atoms with E-state index in [9.17, 15) is 0 Å². The smallest absolute Gasteiger partial charge is 0.0360 e. The van der Waals surface area contributed by atoms with Crippen molar-refractivity contribution in [3.63, 3.8) is 0 Å². The van der Waals surface area contributed by atoms with Crippen LogP contribution in [0.15, 0.2) is 0 Å². The predicted octanol–water partition coefficient (Wildman–Crippen LogP) is 4.64. The van der Waals surface area contributed by atoms with Gasteiger partial charge < -0.3 is 0 Å². The average Bonchev–Trinajstić information content (AvgIpc) is 2.11. The van der Waals surface area contributed by atoms with E-state index in [1.807, 2.05) is 0 Å². The minimum absolute atomic E-state index is 1.08. The van der Waals surface area contributed by atoms with Gasteiger partial charge in [-0.15, -0.1) is 0 Å². The van der Waals surface area contributed by atoms with Gasteiger partial charge in [0, 0.05) is 0 Å². The van der Waals surface area contributed by atoms with Gasteiger partial charge in [-0.25, -0.2) is 0 Å². The standard InChI is InChI=1S/C13H26/c1-4-7-8-9-12-10-11(5-2)13(12)6-3/h11-13H,4-10H2,1-3H3. The van der Waals surface area contributed by atoms with Crippen molar-refractivity contribution in [2.75, 3.05) is 0 Å². The molecule has 0 heteroatoms. The van der Waals surface area contributed by atoms with Gasteiger partial charge in [0.2, 0.25) is 0 Å². The van der Waals surface area contributed by atoms with Crippen molar-refractivity contribution in [2.24, 2.45) is 17.8 Å². The molecule has 0 aromatic heterocycles. The summed E-state index contributed by atoms with van der Waals surface area (Å²) in [5.74, 6) is 3.26. The van der Waals surface area contributed by atoms with Crippen molar-refractivity contribution in [2.45, 2.75) is 65.7 Å². The van der Waals surface area contributed by atoms with Crippen molar-refractivity contribution in [1.29, 1.82) is 0 Å². The molecule has 1 aliphatic rings. The van der Waals surface area contributed by atoms with Crippen LogP contribution in [0.25, 0.3) is 0 Å². The second-order valence-electron chi connectivity index (χ2n) is 4.73. The van der Waals surface area contributed by atoms with E-state index in [2.05, 4.69) is 20.8 Å². The minimum atomic E-state index is 1.08. The Hall–Kier alpha value is 0. The van der Waals surface area contributed by atoms with Gasteiger partial charge in [-0.3, -0.25) is 0 Å². The second-order valence-corrected chi connectivity index (χ2v) is 4.73. The zero-order chi connectivity index (χ0) is 9.68. The molecule has 1 rings (SSSR count).